The summed E-state index contributed by atoms with van der Waals surface area (Å²) in [5.74, 6) is -0.280. The van der Waals surface area contributed by atoms with Crippen molar-refractivity contribution in [3.63, 3.8) is 0 Å². The molecule has 0 saturated heterocycles. The summed E-state index contributed by atoms with van der Waals surface area (Å²) in [4.78, 5) is 16.7. The monoisotopic (exact) mass is 352 g/mol. The Morgan fingerprint density at radius 3 is 2.68 bits per heavy atom. The predicted octanol–water partition coefficient (Wildman–Crippen LogP) is 3.50. The molecule has 0 amide bonds. The molecule has 3 aromatic rings. The molecule has 0 unspecified atom stereocenters. The molecule has 0 atom stereocenters. The van der Waals surface area contributed by atoms with Gasteiger partial charge in [-0.2, -0.15) is 0 Å². The smallest absolute Gasteiger partial charge is 0.229 e. The number of aromatic nitrogens is 1. The van der Waals surface area contributed by atoms with E-state index in [1.165, 1.54) is 6.08 Å². The first-order valence-electron chi connectivity index (χ1n) is 7.56. The Hall–Kier alpha value is -2.99. The third kappa shape index (κ3) is 4.30. The maximum Gasteiger partial charge on any atom is 0.229 e. The Labute approximate surface area is 146 Å². The Balaban J connectivity index is 1.87. The van der Waals surface area contributed by atoms with Crippen molar-refractivity contribution in [1.29, 1.82) is 0 Å². The molecule has 1 N–H and O–H groups in total. The predicted molar refractivity (Wildman–Crippen MR) is 100 cm³/mol. The van der Waals surface area contributed by atoms with Gasteiger partial charge >= 0.3 is 0 Å². The number of ketones is 1. The van der Waals surface area contributed by atoms with Crippen LogP contribution in [0.4, 0.5) is 5.69 Å². The fourth-order valence-electron chi connectivity index (χ4n) is 2.45. The summed E-state index contributed by atoms with van der Waals surface area (Å²) in [5, 5.41) is 0.983. The van der Waals surface area contributed by atoms with Crippen molar-refractivity contribution in [2.45, 2.75) is 0 Å². The van der Waals surface area contributed by atoms with Crippen LogP contribution in [0.2, 0.25) is 0 Å². The molecule has 25 heavy (non-hydrogen) atoms. The van der Waals surface area contributed by atoms with Gasteiger partial charge in [0.2, 0.25) is 10.0 Å². The number of carbonyl (C=O) groups excluding carboxylic acids is 1. The zero-order valence-electron chi connectivity index (χ0n) is 13.5. The number of sulfonamides is 1. The number of anilines is 1. The van der Waals surface area contributed by atoms with Crippen molar-refractivity contribution in [1.82, 2.24) is 4.98 Å². The molecule has 6 heteroatoms. The molecule has 3 rings (SSSR count). The molecule has 0 saturated carbocycles. The molecule has 0 aliphatic carbocycles. The summed E-state index contributed by atoms with van der Waals surface area (Å²) in [7, 11) is -3.46. The normalized spacial score (nSPS) is 11.7. The van der Waals surface area contributed by atoms with Gasteiger partial charge in [-0.1, -0.05) is 30.3 Å². The molecule has 0 aliphatic heterocycles. The SMILES string of the molecule is CS(=O)(=O)Nc1ccccc1C(=O)C=Cc1ccc2ncccc2c1. The van der Waals surface area contributed by atoms with E-state index in [-0.39, 0.29) is 11.5 Å². The van der Waals surface area contributed by atoms with Crippen molar-refractivity contribution in [2.24, 2.45) is 0 Å². The van der Waals surface area contributed by atoms with Gasteiger partial charge in [0, 0.05) is 17.1 Å². The summed E-state index contributed by atoms with van der Waals surface area (Å²) in [6, 6.07) is 16.0. The number of pyridine rings is 1. The first-order valence-corrected chi connectivity index (χ1v) is 9.45. The minimum atomic E-state index is -3.46. The molecule has 0 aliphatic rings. The van der Waals surface area contributed by atoms with E-state index in [4.69, 9.17) is 0 Å². The fourth-order valence-corrected chi connectivity index (χ4v) is 3.02. The maximum atomic E-state index is 12.5. The first kappa shape index (κ1) is 16.9. The van der Waals surface area contributed by atoms with Gasteiger partial charge in [0.15, 0.2) is 5.78 Å². The molecule has 1 aromatic heterocycles. The number of nitrogens with zero attached hydrogens (tertiary/aromatic N) is 1. The van der Waals surface area contributed by atoms with Crippen LogP contribution in [0.5, 0.6) is 0 Å². The number of para-hydroxylation sites is 1. The lowest BCUT2D eigenvalue weighted by molar-refractivity contribution is 0.104. The first-order chi connectivity index (χ1) is 11.9. The van der Waals surface area contributed by atoms with Crippen molar-refractivity contribution < 1.29 is 13.2 Å². The van der Waals surface area contributed by atoms with E-state index in [0.29, 0.717) is 5.56 Å². The summed E-state index contributed by atoms with van der Waals surface area (Å²) < 4.78 is 25.2. The van der Waals surface area contributed by atoms with Crippen LogP contribution < -0.4 is 4.72 Å². The third-order valence-corrected chi connectivity index (χ3v) is 4.13. The average molecular weight is 352 g/mol. The van der Waals surface area contributed by atoms with Crippen LogP contribution in [-0.4, -0.2) is 25.4 Å². The lowest BCUT2D eigenvalue weighted by Gasteiger charge is -2.08. The Morgan fingerprint density at radius 1 is 1.08 bits per heavy atom. The second-order valence-electron chi connectivity index (χ2n) is 5.57. The van der Waals surface area contributed by atoms with Gasteiger partial charge in [-0.05, 0) is 42.0 Å². The Bertz CT molecular complexity index is 1070. The number of allylic oxidation sites excluding steroid dienone is 1. The molecule has 0 spiro atoms. The van der Waals surface area contributed by atoms with Crippen molar-refractivity contribution in [3.8, 4) is 0 Å². The summed E-state index contributed by atoms with van der Waals surface area (Å²) in [5.41, 5.74) is 2.31. The molecule has 0 fully saturated rings. The number of carbonyl (C=O) groups is 1. The number of rotatable bonds is 5. The van der Waals surface area contributed by atoms with E-state index in [1.54, 1.807) is 36.5 Å². The lowest BCUT2D eigenvalue weighted by atomic mass is 10.1. The van der Waals surface area contributed by atoms with E-state index in [0.717, 1.165) is 22.7 Å². The number of hydrogen-bond donors (Lipinski definition) is 1. The molecule has 0 radical (unpaired) electrons. The van der Waals surface area contributed by atoms with Crippen molar-refractivity contribution in [3.05, 3.63) is 78.0 Å². The van der Waals surface area contributed by atoms with E-state index in [9.17, 15) is 13.2 Å². The van der Waals surface area contributed by atoms with Crippen LogP contribution in [0.15, 0.2) is 66.9 Å². The fraction of sp³-hybridized carbons (Fsp3) is 0.0526. The molecule has 2 aromatic carbocycles. The molecule has 126 valence electrons. The number of benzene rings is 2. The highest BCUT2D eigenvalue weighted by Gasteiger charge is 2.11. The minimum absolute atomic E-state index is 0.266. The summed E-state index contributed by atoms with van der Waals surface area (Å²) in [6.07, 6.45) is 5.91. The second-order valence-corrected chi connectivity index (χ2v) is 7.32. The molecule has 1 heterocycles. The maximum absolute atomic E-state index is 12.5. The largest absolute Gasteiger partial charge is 0.289 e. The van der Waals surface area contributed by atoms with Gasteiger partial charge < -0.3 is 0 Å². The lowest BCUT2D eigenvalue weighted by Crippen LogP contribution is -2.12. The Kier molecular flexibility index (Phi) is 4.63. The third-order valence-electron chi connectivity index (χ3n) is 3.54. The number of nitrogens with one attached hydrogen (secondary N) is 1. The number of fused-ring (bicyclic) bond motifs is 1. The van der Waals surface area contributed by atoms with Crippen LogP contribution >= 0.6 is 0 Å². The van der Waals surface area contributed by atoms with Crippen LogP contribution in [-0.2, 0) is 10.0 Å². The van der Waals surface area contributed by atoms with Crippen LogP contribution in [0.1, 0.15) is 15.9 Å². The average Bonchev–Trinajstić information content (AvgIpc) is 2.58. The van der Waals surface area contributed by atoms with Gasteiger partial charge in [0.25, 0.3) is 0 Å². The van der Waals surface area contributed by atoms with E-state index >= 15 is 0 Å². The number of hydrogen-bond acceptors (Lipinski definition) is 4. The zero-order valence-corrected chi connectivity index (χ0v) is 14.3. The van der Waals surface area contributed by atoms with Crippen LogP contribution in [0, 0.1) is 0 Å². The summed E-state index contributed by atoms with van der Waals surface area (Å²) in [6.45, 7) is 0. The van der Waals surface area contributed by atoms with Gasteiger partial charge in [-0.15, -0.1) is 0 Å². The van der Waals surface area contributed by atoms with Crippen LogP contribution in [0.3, 0.4) is 0 Å². The van der Waals surface area contributed by atoms with E-state index in [1.807, 2.05) is 30.3 Å². The van der Waals surface area contributed by atoms with E-state index < -0.39 is 10.0 Å². The topological polar surface area (TPSA) is 76.1 Å². The van der Waals surface area contributed by atoms with Gasteiger partial charge in [-0.25, -0.2) is 8.42 Å². The summed E-state index contributed by atoms with van der Waals surface area (Å²) >= 11 is 0. The van der Waals surface area contributed by atoms with E-state index in [2.05, 4.69) is 9.71 Å². The van der Waals surface area contributed by atoms with Gasteiger partial charge in [0.1, 0.15) is 0 Å². The molecular formula is C19H16N2O3S. The zero-order chi connectivity index (χ0) is 17.9. The van der Waals surface area contributed by atoms with Crippen molar-refractivity contribution in [2.75, 3.05) is 11.0 Å². The van der Waals surface area contributed by atoms with Crippen LogP contribution in [0.25, 0.3) is 17.0 Å². The second kappa shape index (κ2) is 6.86. The standard InChI is InChI=1S/C19H16N2O3S/c1-25(23,24)21-18-7-3-2-6-16(18)19(22)11-9-14-8-10-17-15(13-14)5-4-12-20-17/h2-13,21H,1H3. The molecule has 0 bridgehead atoms. The highest BCUT2D eigenvalue weighted by molar-refractivity contribution is 7.92. The minimum Gasteiger partial charge on any atom is -0.289 e. The van der Waals surface area contributed by atoms with Gasteiger partial charge in [-0.3, -0.25) is 14.5 Å². The highest BCUT2D eigenvalue weighted by atomic mass is 32.2. The van der Waals surface area contributed by atoms with Crippen molar-refractivity contribution >= 4 is 38.5 Å². The molecular weight excluding hydrogens is 336 g/mol. The quantitative estimate of drug-likeness (QED) is 0.563. The van der Waals surface area contributed by atoms with Gasteiger partial charge in [0.05, 0.1) is 17.5 Å². The molecule has 5 nitrogen and oxygen atoms in total. The Morgan fingerprint density at radius 2 is 1.88 bits per heavy atom. The highest BCUT2D eigenvalue weighted by Crippen LogP contribution is 2.19.